The van der Waals surface area contributed by atoms with Crippen LogP contribution in [-0.4, -0.2) is 5.91 Å². The van der Waals surface area contributed by atoms with Gasteiger partial charge in [0.05, 0.1) is 16.5 Å². The van der Waals surface area contributed by atoms with Gasteiger partial charge in [0, 0.05) is 11.4 Å². The topological polar surface area (TPSA) is 52.9 Å². The Morgan fingerprint density at radius 3 is 2.85 bits per heavy atom. The summed E-state index contributed by atoms with van der Waals surface area (Å²) >= 11 is 1.55. The molecule has 0 aliphatic heterocycles. The number of benzene rings is 1. The van der Waals surface area contributed by atoms with Crippen molar-refractivity contribution in [2.24, 2.45) is 0 Å². The van der Waals surface area contributed by atoms with E-state index < -0.39 is 0 Å². The number of nitrogens with zero attached hydrogens (tertiary/aromatic N) is 1. The van der Waals surface area contributed by atoms with Crippen LogP contribution in [0.1, 0.15) is 38.2 Å². The molecule has 0 unspecified atom stereocenters. The quantitative estimate of drug-likeness (QED) is 0.935. The molecule has 20 heavy (non-hydrogen) atoms. The first-order valence-electron chi connectivity index (χ1n) is 6.50. The van der Waals surface area contributed by atoms with Crippen LogP contribution < -0.4 is 5.32 Å². The number of thiophene rings is 1. The van der Waals surface area contributed by atoms with Crippen LogP contribution in [-0.2, 0) is 13.0 Å². The van der Waals surface area contributed by atoms with E-state index in [2.05, 4.69) is 18.3 Å². The molecule has 3 nitrogen and oxygen atoms in total. The molecule has 0 atom stereocenters. The second kappa shape index (κ2) is 6.36. The van der Waals surface area contributed by atoms with Crippen molar-refractivity contribution in [2.45, 2.75) is 26.8 Å². The molecule has 1 N–H and O–H groups in total. The Hall–Kier alpha value is -2.12. The van der Waals surface area contributed by atoms with Crippen LogP contribution in [0.4, 0.5) is 0 Å². The van der Waals surface area contributed by atoms with E-state index >= 15 is 0 Å². The number of rotatable bonds is 4. The molecule has 1 amide bonds. The predicted molar refractivity (Wildman–Crippen MR) is 80.8 cm³/mol. The summed E-state index contributed by atoms with van der Waals surface area (Å²) in [5.41, 5.74) is 2.72. The zero-order valence-corrected chi connectivity index (χ0v) is 12.4. The van der Waals surface area contributed by atoms with Gasteiger partial charge in [0.15, 0.2) is 0 Å². The third-order valence-corrected chi connectivity index (χ3v) is 4.45. The van der Waals surface area contributed by atoms with Crippen molar-refractivity contribution in [1.29, 1.82) is 5.26 Å². The highest BCUT2D eigenvalue weighted by molar-refractivity contribution is 7.14. The van der Waals surface area contributed by atoms with Gasteiger partial charge in [-0.1, -0.05) is 19.1 Å². The number of hydrogen-bond acceptors (Lipinski definition) is 3. The smallest absolute Gasteiger partial charge is 0.261 e. The normalized spacial score (nSPS) is 10.1. The van der Waals surface area contributed by atoms with Crippen LogP contribution in [0.15, 0.2) is 30.3 Å². The number of amides is 1. The van der Waals surface area contributed by atoms with Gasteiger partial charge in [0.2, 0.25) is 0 Å². The summed E-state index contributed by atoms with van der Waals surface area (Å²) in [4.78, 5) is 14.1. The Kier molecular flexibility index (Phi) is 4.54. The summed E-state index contributed by atoms with van der Waals surface area (Å²) in [5.74, 6) is -0.0554. The van der Waals surface area contributed by atoms with Gasteiger partial charge in [-0.25, -0.2) is 0 Å². The fraction of sp³-hybridized carbons (Fsp3) is 0.250. The molecule has 0 saturated heterocycles. The van der Waals surface area contributed by atoms with Crippen LogP contribution in [0.25, 0.3) is 0 Å². The zero-order chi connectivity index (χ0) is 14.5. The monoisotopic (exact) mass is 284 g/mol. The highest BCUT2D eigenvalue weighted by atomic mass is 32.1. The number of carbonyl (C=O) groups is 1. The molecule has 2 aromatic rings. The lowest BCUT2D eigenvalue weighted by Crippen LogP contribution is -2.21. The molecule has 4 heteroatoms. The van der Waals surface area contributed by atoms with Crippen molar-refractivity contribution < 1.29 is 4.79 Å². The number of nitriles is 1. The molecule has 1 aromatic heterocycles. The van der Waals surface area contributed by atoms with Gasteiger partial charge >= 0.3 is 0 Å². The lowest BCUT2D eigenvalue weighted by atomic mass is 10.1. The average molecular weight is 284 g/mol. The molecule has 102 valence electrons. The van der Waals surface area contributed by atoms with Crippen molar-refractivity contribution >= 4 is 17.2 Å². The number of nitrogens with one attached hydrogen (secondary N) is 1. The largest absolute Gasteiger partial charge is 0.347 e. The number of carbonyl (C=O) groups excluding carboxylic acids is 1. The summed E-state index contributed by atoms with van der Waals surface area (Å²) in [6.07, 6.45) is 0.952. The first-order valence-corrected chi connectivity index (χ1v) is 7.32. The summed E-state index contributed by atoms with van der Waals surface area (Å²) in [7, 11) is 0. The maximum atomic E-state index is 12.1. The minimum atomic E-state index is -0.0554. The third-order valence-electron chi connectivity index (χ3n) is 3.07. The van der Waals surface area contributed by atoms with Crippen LogP contribution in [0.2, 0.25) is 0 Å². The Morgan fingerprint density at radius 2 is 2.20 bits per heavy atom. The molecule has 1 heterocycles. The van der Waals surface area contributed by atoms with Crippen LogP contribution in [0, 0.1) is 18.3 Å². The second-order valence-electron chi connectivity index (χ2n) is 4.57. The Bertz CT molecular complexity index is 667. The minimum absolute atomic E-state index is 0.0554. The Morgan fingerprint density at radius 1 is 1.40 bits per heavy atom. The van der Waals surface area contributed by atoms with Gasteiger partial charge in [0.1, 0.15) is 0 Å². The van der Waals surface area contributed by atoms with E-state index in [9.17, 15) is 4.79 Å². The molecule has 2 rings (SSSR count). The number of aryl methyl sites for hydroxylation is 2. The van der Waals surface area contributed by atoms with E-state index in [0.29, 0.717) is 12.1 Å². The molecule has 0 aliphatic rings. The first kappa shape index (κ1) is 14.3. The van der Waals surface area contributed by atoms with Gasteiger partial charge in [-0.05, 0) is 42.7 Å². The van der Waals surface area contributed by atoms with Crippen molar-refractivity contribution in [1.82, 2.24) is 5.32 Å². The molecular formula is C16H16N2OS. The van der Waals surface area contributed by atoms with Crippen molar-refractivity contribution in [3.8, 4) is 6.07 Å². The van der Waals surface area contributed by atoms with E-state index in [1.54, 1.807) is 23.5 Å². The first-order chi connectivity index (χ1) is 9.63. The lowest BCUT2D eigenvalue weighted by molar-refractivity contribution is 0.0955. The fourth-order valence-corrected chi connectivity index (χ4v) is 3.03. The molecule has 0 spiro atoms. The van der Waals surface area contributed by atoms with E-state index in [-0.39, 0.29) is 5.91 Å². The van der Waals surface area contributed by atoms with Gasteiger partial charge in [0.25, 0.3) is 5.91 Å². The maximum Gasteiger partial charge on any atom is 0.261 e. The lowest BCUT2D eigenvalue weighted by Gasteiger charge is -2.04. The van der Waals surface area contributed by atoms with Crippen molar-refractivity contribution in [3.63, 3.8) is 0 Å². The molecule has 0 aliphatic carbocycles. The Labute approximate surface area is 122 Å². The van der Waals surface area contributed by atoms with E-state index in [0.717, 1.165) is 16.9 Å². The highest BCUT2D eigenvalue weighted by Crippen LogP contribution is 2.22. The van der Waals surface area contributed by atoms with E-state index in [1.165, 1.54) is 10.4 Å². The average Bonchev–Trinajstić information content (AvgIpc) is 2.86. The maximum absolute atomic E-state index is 12.1. The van der Waals surface area contributed by atoms with E-state index in [1.807, 2.05) is 25.1 Å². The molecule has 0 fully saturated rings. The van der Waals surface area contributed by atoms with Gasteiger partial charge < -0.3 is 5.32 Å². The fourth-order valence-electron chi connectivity index (χ4n) is 2.00. The van der Waals surface area contributed by atoms with Gasteiger partial charge in [-0.2, -0.15) is 5.26 Å². The Balaban J connectivity index is 2.03. The molecular weight excluding hydrogens is 268 g/mol. The molecule has 1 aromatic carbocycles. The van der Waals surface area contributed by atoms with Gasteiger partial charge in [-0.15, -0.1) is 11.3 Å². The minimum Gasteiger partial charge on any atom is -0.347 e. The number of hydrogen-bond donors (Lipinski definition) is 1. The second-order valence-corrected chi connectivity index (χ2v) is 5.70. The zero-order valence-electron chi connectivity index (χ0n) is 11.6. The predicted octanol–water partition coefficient (Wildman–Crippen LogP) is 3.42. The standard InChI is InChI=1S/C16H16N2OS/c1-3-14-11(2)7-15(20-14)16(19)18-10-13-6-4-5-12(8-13)9-17/h4-8H,3,10H2,1-2H3,(H,18,19). The van der Waals surface area contributed by atoms with Crippen molar-refractivity contribution in [2.75, 3.05) is 0 Å². The van der Waals surface area contributed by atoms with Crippen molar-refractivity contribution in [3.05, 3.63) is 56.8 Å². The summed E-state index contributed by atoms with van der Waals surface area (Å²) in [5, 5.41) is 11.7. The highest BCUT2D eigenvalue weighted by Gasteiger charge is 2.11. The summed E-state index contributed by atoms with van der Waals surface area (Å²) in [6.45, 7) is 4.56. The van der Waals surface area contributed by atoms with Gasteiger partial charge in [-0.3, -0.25) is 4.79 Å². The molecule has 0 bridgehead atoms. The molecule has 0 saturated carbocycles. The summed E-state index contributed by atoms with van der Waals surface area (Å²) in [6, 6.07) is 11.3. The third kappa shape index (κ3) is 3.25. The van der Waals surface area contributed by atoms with E-state index in [4.69, 9.17) is 5.26 Å². The van der Waals surface area contributed by atoms with Crippen LogP contribution in [0.5, 0.6) is 0 Å². The summed E-state index contributed by atoms with van der Waals surface area (Å²) < 4.78 is 0. The van der Waals surface area contributed by atoms with Crippen LogP contribution >= 0.6 is 11.3 Å². The van der Waals surface area contributed by atoms with Crippen LogP contribution in [0.3, 0.4) is 0 Å². The molecule has 0 radical (unpaired) electrons. The SMILES string of the molecule is CCc1sc(C(=O)NCc2cccc(C#N)c2)cc1C.